The van der Waals surface area contributed by atoms with Crippen LogP contribution >= 0.6 is 7.60 Å². The number of esters is 1. The molecule has 1 aromatic carbocycles. The van der Waals surface area contributed by atoms with Crippen LogP contribution in [0.3, 0.4) is 0 Å². The van der Waals surface area contributed by atoms with Crippen LogP contribution < -0.4 is 5.73 Å². The number of nitrogens with two attached hydrogens (primary N) is 1. The molecular weight excluding hydrogens is 353 g/mol. The van der Waals surface area contributed by atoms with Gasteiger partial charge < -0.3 is 15.6 Å². The Morgan fingerprint density at radius 2 is 1.76 bits per heavy atom. The smallest absolute Gasteiger partial charge is 0.416 e. The number of hydrogen-bond donors (Lipinski definition) is 2. The molecule has 25 heavy (non-hydrogen) atoms. The summed E-state index contributed by atoms with van der Waals surface area (Å²) in [4.78, 5) is 20.6. The predicted molar refractivity (Wildman–Crippen MR) is 88.1 cm³/mol. The van der Waals surface area contributed by atoms with Crippen molar-refractivity contribution in [1.82, 2.24) is 0 Å². The normalized spacial score (nSPS) is 16.0. The summed E-state index contributed by atoms with van der Waals surface area (Å²) in [5.41, 5.74) is 6.24. The molecule has 1 aromatic rings. The van der Waals surface area contributed by atoms with Crippen molar-refractivity contribution in [3.8, 4) is 0 Å². The van der Waals surface area contributed by atoms with Crippen molar-refractivity contribution in [3.05, 3.63) is 35.4 Å². The summed E-state index contributed by atoms with van der Waals surface area (Å²) in [6.45, 7) is 3.15. The molecule has 0 heterocycles. The second-order valence-corrected chi connectivity index (χ2v) is 6.53. The first-order valence-electron chi connectivity index (χ1n) is 8.09. The number of hydrogen-bond acceptors (Lipinski definition) is 9. The first kappa shape index (κ1) is 20.0. The Kier molecular flexibility index (Phi) is 8.50. The maximum Gasteiger partial charge on any atom is 0.416 e. The summed E-state index contributed by atoms with van der Waals surface area (Å²) < 4.78 is 34.6. The fourth-order valence-corrected chi connectivity index (χ4v) is 2.88. The molecule has 0 aliphatic heterocycles. The molecule has 0 aliphatic rings. The third-order valence-corrected chi connectivity index (χ3v) is 4.35. The molecule has 0 aromatic heterocycles. The number of methoxy groups -OCH3 is 1. The second kappa shape index (κ2) is 10.6. The summed E-state index contributed by atoms with van der Waals surface area (Å²) in [6, 6.07) is 4.86. The van der Waals surface area contributed by atoms with E-state index in [0.29, 0.717) is 5.56 Å². The number of carbonyl (C=O) groups is 1. The number of aliphatic hydroxyl groups is 1. The van der Waals surface area contributed by atoms with Crippen molar-refractivity contribution < 1.29 is 39.7 Å². The van der Waals surface area contributed by atoms with Crippen molar-refractivity contribution in [2.24, 2.45) is 5.73 Å². The molecule has 1 rings (SSSR count). The van der Waals surface area contributed by atoms with Gasteiger partial charge in [-0.05, 0) is 31.4 Å². The zero-order valence-corrected chi connectivity index (χ0v) is 15.2. The predicted octanol–water partition coefficient (Wildman–Crippen LogP) is 1.85. The Hall–Kier alpha value is -1.32. The molecule has 2 atom stereocenters. The molecule has 3 N–H and O–H groups in total. The summed E-state index contributed by atoms with van der Waals surface area (Å²) in [6.07, 6.45) is 0.186. The number of rotatable bonds is 11. The van der Waals surface area contributed by atoms with Crippen LogP contribution in [0.5, 0.6) is 0 Å². The number of carbonyl (C=O) groups excluding carboxylic acids is 1. The van der Waals surface area contributed by atoms with Gasteiger partial charge in [-0.1, -0.05) is 24.3 Å². The van der Waals surface area contributed by atoms with E-state index in [9.17, 15) is 14.5 Å². The molecular formula is C15H24NO8P. The quantitative estimate of drug-likeness (QED) is 0.257. The van der Waals surface area contributed by atoms with Crippen LogP contribution in [0.25, 0.3) is 0 Å². The molecule has 142 valence electrons. The van der Waals surface area contributed by atoms with Crippen molar-refractivity contribution >= 4 is 13.6 Å². The molecule has 0 saturated heterocycles. The van der Waals surface area contributed by atoms with Gasteiger partial charge in [0, 0.05) is 0 Å². The Labute approximate surface area is 147 Å². The van der Waals surface area contributed by atoms with Gasteiger partial charge in [-0.2, -0.15) is 0 Å². The Bertz CT molecular complexity index is 613. The number of ether oxygens (including phenoxy) is 1. The topological polar surface area (TPSA) is 127 Å². The van der Waals surface area contributed by atoms with E-state index >= 15 is 0 Å². The maximum atomic E-state index is 12.7. The highest BCUT2D eigenvalue weighted by Gasteiger charge is 2.39. The van der Waals surface area contributed by atoms with Crippen LogP contribution in [0.2, 0.25) is 0 Å². The molecule has 1 unspecified atom stereocenters. The lowest BCUT2D eigenvalue weighted by Crippen LogP contribution is -2.33. The van der Waals surface area contributed by atoms with Gasteiger partial charge in [0.2, 0.25) is 0 Å². The van der Waals surface area contributed by atoms with Crippen LogP contribution in [0, 0.1) is 0 Å². The summed E-state index contributed by atoms with van der Waals surface area (Å²) in [5, 5.41) is 10.5. The fraction of sp³-hybridized carbons (Fsp3) is 0.533. The molecule has 0 spiro atoms. The van der Waals surface area contributed by atoms with E-state index < -0.39 is 25.4 Å². The average Bonchev–Trinajstić information content (AvgIpc) is 2.64. The fourth-order valence-electron chi connectivity index (χ4n) is 1.76. The third kappa shape index (κ3) is 6.48. The SMILES string of the molecule is [2H]C(O)(c1ccc(C[C@H](N)C(=O)OC)cc1)P(=O)(OOCC)OOCC. The van der Waals surface area contributed by atoms with E-state index in [1.165, 1.54) is 31.4 Å². The zero-order valence-electron chi connectivity index (χ0n) is 15.3. The highest BCUT2D eigenvalue weighted by molar-refractivity contribution is 7.53. The molecule has 0 radical (unpaired) electrons. The van der Waals surface area contributed by atoms with Crippen LogP contribution in [-0.2, 0) is 39.6 Å². The lowest BCUT2D eigenvalue weighted by molar-refractivity contribution is -0.268. The highest BCUT2D eigenvalue weighted by Crippen LogP contribution is 2.59. The minimum atomic E-state index is -4.56. The van der Waals surface area contributed by atoms with Gasteiger partial charge in [0.05, 0.1) is 21.7 Å². The van der Waals surface area contributed by atoms with Crippen LogP contribution in [0.4, 0.5) is 0 Å². The molecule has 0 amide bonds. The standard InChI is InChI=1S/C15H24NO8P/c1-4-21-23-25(19,24-22-5-2)15(18)12-8-6-11(7-9-12)10-13(16)14(17)20-3/h6-9,13,15,18H,4-5,10,16H2,1-3H3/t13-,15?/m0/s1/i15D. The molecule has 0 bridgehead atoms. The van der Waals surface area contributed by atoms with E-state index in [1.807, 2.05) is 0 Å². The van der Waals surface area contributed by atoms with Crippen molar-refractivity contribution in [2.45, 2.75) is 32.1 Å². The van der Waals surface area contributed by atoms with Crippen LogP contribution in [0.1, 0.15) is 32.2 Å². The molecule has 10 heteroatoms. The summed E-state index contributed by atoms with van der Waals surface area (Å²) in [7, 11) is -3.33. The van der Waals surface area contributed by atoms with Gasteiger partial charge in [-0.25, -0.2) is 9.78 Å². The minimum Gasteiger partial charge on any atom is -0.468 e. The van der Waals surface area contributed by atoms with E-state index in [2.05, 4.69) is 23.9 Å². The van der Waals surface area contributed by atoms with Gasteiger partial charge >= 0.3 is 13.6 Å². The maximum absolute atomic E-state index is 12.7. The van der Waals surface area contributed by atoms with Crippen molar-refractivity contribution in [1.29, 1.82) is 0 Å². The zero-order chi connectivity index (χ0) is 19.8. The Morgan fingerprint density at radius 1 is 1.24 bits per heavy atom. The third-order valence-electron chi connectivity index (χ3n) is 2.97. The van der Waals surface area contributed by atoms with Gasteiger partial charge in [-0.3, -0.25) is 9.36 Å². The van der Waals surface area contributed by atoms with Gasteiger partial charge in [0.1, 0.15) is 6.04 Å². The lowest BCUT2D eigenvalue weighted by atomic mass is 10.0. The first-order valence-corrected chi connectivity index (χ1v) is 9.13. The largest absolute Gasteiger partial charge is 0.468 e. The van der Waals surface area contributed by atoms with Gasteiger partial charge in [-0.15, -0.1) is 9.35 Å². The van der Waals surface area contributed by atoms with Crippen molar-refractivity contribution in [2.75, 3.05) is 20.3 Å². The van der Waals surface area contributed by atoms with Gasteiger partial charge in [0.25, 0.3) is 0 Å². The van der Waals surface area contributed by atoms with E-state index in [0.717, 1.165) is 0 Å². The second-order valence-electron chi connectivity index (χ2n) is 4.81. The van der Waals surface area contributed by atoms with Crippen LogP contribution in [-0.4, -0.2) is 37.4 Å². The van der Waals surface area contributed by atoms with E-state index in [4.69, 9.17) is 7.10 Å². The highest BCUT2D eigenvalue weighted by atomic mass is 31.2. The molecule has 0 aliphatic carbocycles. The average molecular weight is 378 g/mol. The van der Waals surface area contributed by atoms with E-state index in [1.54, 1.807) is 13.8 Å². The Morgan fingerprint density at radius 3 is 2.20 bits per heavy atom. The summed E-state index contributed by atoms with van der Waals surface area (Å²) in [5.74, 6) is -3.36. The van der Waals surface area contributed by atoms with Gasteiger partial charge in [0.15, 0.2) is 5.82 Å². The monoisotopic (exact) mass is 378 g/mol. The molecule has 0 saturated carbocycles. The number of benzene rings is 1. The molecule has 9 nitrogen and oxygen atoms in total. The van der Waals surface area contributed by atoms with Crippen LogP contribution in [0.15, 0.2) is 24.3 Å². The minimum absolute atomic E-state index is 0.0138. The lowest BCUT2D eigenvalue weighted by Gasteiger charge is -2.21. The molecule has 0 fully saturated rings. The van der Waals surface area contributed by atoms with E-state index in [-0.39, 0.29) is 25.2 Å². The summed E-state index contributed by atoms with van der Waals surface area (Å²) >= 11 is 0. The first-order chi connectivity index (χ1) is 12.2. The Balaban J connectivity index is 3.02. The van der Waals surface area contributed by atoms with Crippen molar-refractivity contribution in [3.63, 3.8) is 0 Å².